The van der Waals surface area contributed by atoms with Crippen molar-refractivity contribution < 1.29 is 19.1 Å². The summed E-state index contributed by atoms with van der Waals surface area (Å²) < 4.78 is 11.1. The maximum Gasteiger partial charge on any atom is 0.315 e. The Hall–Kier alpha value is -3.66. The molecule has 0 spiro atoms. The molecule has 1 aliphatic rings. The summed E-state index contributed by atoms with van der Waals surface area (Å²) in [5.74, 6) is 0.466. The van der Waals surface area contributed by atoms with Crippen LogP contribution >= 0.6 is 0 Å². The van der Waals surface area contributed by atoms with Crippen LogP contribution in [0.3, 0.4) is 0 Å². The monoisotopic (exact) mass is 384 g/mol. The molecular weight excluding hydrogens is 364 g/mol. The third kappa shape index (κ3) is 4.27. The number of carbonyl (C=O) groups excluding carboxylic acids is 2. The number of fused-ring (bicyclic) bond motifs is 1. The number of carbonyl (C=O) groups is 2. The number of ketones is 1. The molecule has 29 heavy (non-hydrogen) atoms. The zero-order valence-electron chi connectivity index (χ0n) is 16.1. The fraction of sp³-hybridized carbons (Fsp3) is 0.120. The molecule has 3 aromatic carbocycles. The van der Waals surface area contributed by atoms with E-state index in [1.807, 2.05) is 54.6 Å². The van der Waals surface area contributed by atoms with Gasteiger partial charge in [-0.15, -0.1) is 0 Å². The lowest BCUT2D eigenvalue weighted by Crippen LogP contribution is -2.11. The highest BCUT2D eigenvalue weighted by Crippen LogP contribution is 2.35. The summed E-state index contributed by atoms with van der Waals surface area (Å²) in [6, 6.07) is 22.2. The van der Waals surface area contributed by atoms with Gasteiger partial charge in [-0.25, -0.2) is 0 Å². The summed E-state index contributed by atoms with van der Waals surface area (Å²) in [5, 5.41) is 0. The molecule has 0 amide bonds. The van der Waals surface area contributed by atoms with Gasteiger partial charge in [0.2, 0.25) is 5.78 Å². The van der Waals surface area contributed by atoms with Gasteiger partial charge in [-0.1, -0.05) is 61.5 Å². The van der Waals surface area contributed by atoms with Crippen molar-refractivity contribution in [1.29, 1.82) is 0 Å². The van der Waals surface area contributed by atoms with Gasteiger partial charge in [0.1, 0.15) is 11.5 Å². The molecule has 0 saturated heterocycles. The van der Waals surface area contributed by atoms with E-state index in [9.17, 15) is 9.59 Å². The van der Waals surface area contributed by atoms with E-state index < -0.39 is 0 Å². The Morgan fingerprint density at radius 2 is 1.72 bits per heavy atom. The highest BCUT2D eigenvalue weighted by atomic mass is 16.5. The van der Waals surface area contributed by atoms with Crippen LogP contribution in [0.5, 0.6) is 11.5 Å². The van der Waals surface area contributed by atoms with Crippen LogP contribution in [0.4, 0.5) is 0 Å². The predicted molar refractivity (Wildman–Crippen MR) is 111 cm³/mol. The average Bonchev–Trinajstić information content (AvgIpc) is 3.04. The quantitative estimate of drug-likeness (QED) is 0.352. The first-order valence-electron chi connectivity index (χ1n) is 9.54. The molecule has 0 aliphatic carbocycles. The van der Waals surface area contributed by atoms with E-state index in [-0.39, 0.29) is 23.9 Å². The van der Waals surface area contributed by atoms with Crippen molar-refractivity contribution in [2.24, 2.45) is 0 Å². The third-order valence-corrected chi connectivity index (χ3v) is 4.75. The Balaban J connectivity index is 1.48. The minimum absolute atomic E-state index is 0.177. The maximum atomic E-state index is 12.6. The molecule has 144 valence electrons. The van der Waals surface area contributed by atoms with Crippen LogP contribution in [0.2, 0.25) is 0 Å². The van der Waals surface area contributed by atoms with Crippen molar-refractivity contribution in [1.82, 2.24) is 0 Å². The lowest BCUT2D eigenvalue weighted by atomic mass is 10.1. The summed E-state index contributed by atoms with van der Waals surface area (Å²) >= 11 is 0. The molecule has 1 heterocycles. The van der Waals surface area contributed by atoms with Gasteiger partial charge in [0.05, 0.1) is 12.0 Å². The summed E-state index contributed by atoms with van der Waals surface area (Å²) in [7, 11) is 0. The van der Waals surface area contributed by atoms with E-state index in [0.29, 0.717) is 17.1 Å². The molecule has 0 radical (unpaired) electrons. The van der Waals surface area contributed by atoms with Crippen molar-refractivity contribution in [3.63, 3.8) is 0 Å². The van der Waals surface area contributed by atoms with Gasteiger partial charge < -0.3 is 9.47 Å². The Labute approximate surface area is 169 Å². The standard InChI is InChI=1S/C25H20O4/c1-2-17-8-10-19(11-9-17)14-23-25(27)21-13-12-20(16-22(21)29-23)28-24(26)15-18-6-4-3-5-7-18/h3-14,16H,2,15H2,1H3/b23-14-. The third-order valence-electron chi connectivity index (χ3n) is 4.75. The topological polar surface area (TPSA) is 52.6 Å². The second-order valence-corrected chi connectivity index (χ2v) is 6.83. The summed E-state index contributed by atoms with van der Waals surface area (Å²) in [6.07, 6.45) is 2.86. The van der Waals surface area contributed by atoms with Crippen LogP contribution in [0.25, 0.3) is 6.08 Å². The van der Waals surface area contributed by atoms with E-state index in [1.165, 1.54) is 5.56 Å². The summed E-state index contributed by atoms with van der Waals surface area (Å²) in [6.45, 7) is 2.10. The lowest BCUT2D eigenvalue weighted by molar-refractivity contribution is -0.133. The Bertz CT molecular complexity index is 1080. The largest absolute Gasteiger partial charge is 0.452 e. The van der Waals surface area contributed by atoms with Crippen molar-refractivity contribution in [2.75, 3.05) is 0 Å². The van der Waals surface area contributed by atoms with E-state index >= 15 is 0 Å². The first-order valence-corrected chi connectivity index (χ1v) is 9.54. The lowest BCUT2D eigenvalue weighted by Gasteiger charge is -2.06. The van der Waals surface area contributed by atoms with Gasteiger partial charge in [0.25, 0.3) is 0 Å². The number of rotatable bonds is 5. The van der Waals surface area contributed by atoms with Crippen LogP contribution in [0, 0.1) is 0 Å². The van der Waals surface area contributed by atoms with Crippen LogP contribution in [-0.2, 0) is 17.6 Å². The van der Waals surface area contributed by atoms with E-state index in [0.717, 1.165) is 17.5 Å². The fourth-order valence-corrected chi connectivity index (χ4v) is 3.16. The van der Waals surface area contributed by atoms with E-state index in [1.54, 1.807) is 24.3 Å². The SMILES string of the molecule is CCc1ccc(/C=C2\Oc3cc(OC(=O)Cc4ccccc4)ccc3C2=O)cc1. The van der Waals surface area contributed by atoms with Gasteiger partial charge in [-0.05, 0) is 41.3 Å². The number of allylic oxidation sites excluding steroid dienone is 1. The minimum Gasteiger partial charge on any atom is -0.452 e. The highest BCUT2D eigenvalue weighted by molar-refractivity contribution is 6.14. The summed E-state index contributed by atoms with van der Waals surface area (Å²) in [5.41, 5.74) is 3.47. The molecule has 0 saturated carbocycles. The minimum atomic E-state index is -0.368. The number of hydrogen-bond acceptors (Lipinski definition) is 4. The van der Waals surface area contributed by atoms with Crippen molar-refractivity contribution in [3.8, 4) is 11.5 Å². The van der Waals surface area contributed by atoms with E-state index in [4.69, 9.17) is 9.47 Å². The Morgan fingerprint density at radius 3 is 2.45 bits per heavy atom. The number of benzene rings is 3. The number of ether oxygens (including phenoxy) is 2. The summed E-state index contributed by atoms with van der Waals surface area (Å²) in [4.78, 5) is 24.8. The molecule has 4 rings (SSSR count). The zero-order chi connectivity index (χ0) is 20.2. The fourth-order valence-electron chi connectivity index (χ4n) is 3.16. The normalized spacial score (nSPS) is 13.8. The van der Waals surface area contributed by atoms with Gasteiger partial charge >= 0.3 is 5.97 Å². The van der Waals surface area contributed by atoms with Crippen LogP contribution in [-0.4, -0.2) is 11.8 Å². The maximum absolute atomic E-state index is 12.6. The first kappa shape index (κ1) is 18.7. The number of Topliss-reactive ketones (excluding diaryl/α,β-unsaturated/α-hetero) is 1. The van der Waals surface area contributed by atoms with Crippen molar-refractivity contribution in [3.05, 3.63) is 101 Å². The molecule has 3 aromatic rings. The van der Waals surface area contributed by atoms with Crippen LogP contribution < -0.4 is 9.47 Å². The van der Waals surface area contributed by atoms with Crippen molar-refractivity contribution in [2.45, 2.75) is 19.8 Å². The molecule has 0 fully saturated rings. The molecular formula is C25H20O4. The smallest absolute Gasteiger partial charge is 0.315 e. The molecule has 1 aliphatic heterocycles. The average molecular weight is 384 g/mol. The second kappa shape index (κ2) is 8.15. The van der Waals surface area contributed by atoms with Gasteiger partial charge in [-0.2, -0.15) is 0 Å². The molecule has 0 bridgehead atoms. The van der Waals surface area contributed by atoms with Crippen LogP contribution in [0.1, 0.15) is 34.0 Å². The number of aryl methyl sites for hydroxylation is 1. The molecule has 0 aromatic heterocycles. The molecule has 4 nitrogen and oxygen atoms in total. The van der Waals surface area contributed by atoms with Crippen LogP contribution in [0.15, 0.2) is 78.6 Å². The Kier molecular flexibility index (Phi) is 5.25. The molecule has 0 N–H and O–H groups in total. The first-order chi connectivity index (χ1) is 14.1. The van der Waals surface area contributed by atoms with Gasteiger partial charge in [-0.3, -0.25) is 9.59 Å². The molecule has 4 heteroatoms. The van der Waals surface area contributed by atoms with Gasteiger partial charge in [0.15, 0.2) is 5.76 Å². The highest BCUT2D eigenvalue weighted by Gasteiger charge is 2.28. The second-order valence-electron chi connectivity index (χ2n) is 6.83. The number of esters is 1. The number of hydrogen-bond donors (Lipinski definition) is 0. The van der Waals surface area contributed by atoms with Crippen molar-refractivity contribution >= 4 is 17.8 Å². The molecule has 0 atom stereocenters. The zero-order valence-corrected chi connectivity index (χ0v) is 16.1. The Morgan fingerprint density at radius 1 is 0.966 bits per heavy atom. The van der Waals surface area contributed by atoms with Gasteiger partial charge in [0, 0.05) is 6.07 Å². The predicted octanol–water partition coefficient (Wildman–Crippen LogP) is 5.01. The molecule has 0 unspecified atom stereocenters. The van der Waals surface area contributed by atoms with E-state index in [2.05, 4.69) is 6.92 Å².